The highest BCUT2D eigenvalue weighted by Gasteiger charge is 2.20. The van der Waals surface area contributed by atoms with Gasteiger partial charge in [0, 0.05) is 55.7 Å². The molecule has 1 fully saturated rings. The van der Waals surface area contributed by atoms with E-state index < -0.39 is 0 Å². The number of morpholine rings is 1. The SMILES string of the molecule is O=C(c1cc(-c2cccc(Cl)c2)n[nH]1)N(CCCN1CCOCC1)Cc1ccncc1. The molecule has 3 heterocycles. The standard InChI is InChI=1S/C23H26ClN5O2/c24-20-4-1-3-19(15-20)21-16-22(27-26-21)23(30)29(17-18-5-7-25-8-6-18)10-2-9-28-11-13-31-14-12-28/h1,3-8,15-16H,2,9-14,17H2,(H,26,27). The fraction of sp³-hybridized carbons (Fsp3) is 0.348. The molecule has 0 bridgehead atoms. The van der Waals surface area contributed by atoms with Crippen LogP contribution in [0.15, 0.2) is 54.9 Å². The monoisotopic (exact) mass is 439 g/mol. The van der Waals surface area contributed by atoms with E-state index in [0.29, 0.717) is 29.5 Å². The molecule has 1 aliphatic heterocycles. The van der Waals surface area contributed by atoms with E-state index in [0.717, 1.165) is 50.4 Å². The van der Waals surface area contributed by atoms with Gasteiger partial charge in [-0.15, -0.1) is 0 Å². The number of aromatic amines is 1. The number of carbonyl (C=O) groups excluding carboxylic acids is 1. The molecule has 0 aliphatic carbocycles. The Labute approximate surface area is 187 Å². The van der Waals surface area contributed by atoms with E-state index in [1.807, 2.05) is 41.3 Å². The topological polar surface area (TPSA) is 74.4 Å². The number of benzene rings is 1. The van der Waals surface area contributed by atoms with Gasteiger partial charge in [-0.05, 0) is 42.3 Å². The van der Waals surface area contributed by atoms with Crippen molar-refractivity contribution in [3.8, 4) is 11.3 Å². The second-order valence-electron chi connectivity index (χ2n) is 7.57. The Balaban J connectivity index is 1.46. The summed E-state index contributed by atoms with van der Waals surface area (Å²) in [6, 6.07) is 13.1. The van der Waals surface area contributed by atoms with Gasteiger partial charge in [-0.2, -0.15) is 5.10 Å². The normalized spacial score (nSPS) is 14.5. The molecule has 7 nitrogen and oxygen atoms in total. The molecule has 8 heteroatoms. The zero-order chi connectivity index (χ0) is 21.5. The summed E-state index contributed by atoms with van der Waals surface area (Å²) in [6.45, 7) is 5.57. The van der Waals surface area contributed by atoms with Gasteiger partial charge in [-0.3, -0.25) is 19.8 Å². The number of halogens is 1. The molecule has 31 heavy (non-hydrogen) atoms. The van der Waals surface area contributed by atoms with Crippen LogP contribution in [-0.2, 0) is 11.3 Å². The molecule has 1 aromatic carbocycles. The number of hydrogen-bond acceptors (Lipinski definition) is 5. The third kappa shape index (κ3) is 5.91. The van der Waals surface area contributed by atoms with Crippen LogP contribution in [0.5, 0.6) is 0 Å². The summed E-state index contributed by atoms with van der Waals surface area (Å²) in [6.07, 6.45) is 4.39. The van der Waals surface area contributed by atoms with E-state index in [4.69, 9.17) is 16.3 Å². The van der Waals surface area contributed by atoms with Gasteiger partial charge in [0.1, 0.15) is 5.69 Å². The first-order chi connectivity index (χ1) is 15.2. The van der Waals surface area contributed by atoms with Crippen molar-refractivity contribution in [2.75, 3.05) is 39.4 Å². The summed E-state index contributed by atoms with van der Waals surface area (Å²) in [7, 11) is 0. The first-order valence-electron chi connectivity index (χ1n) is 10.5. The number of rotatable bonds is 8. The van der Waals surface area contributed by atoms with Crippen LogP contribution < -0.4 is 0 Å². The van der Waals surface area contributed by atoms with E-state index in [1.165, 1.54) is 0 Å². The molecule has 2 aromatic heterocycles. The Hall–Kier alpha value is -2.74. The van der Waals surface area contributed by atoms with Gasteiger partial charge in [0.2, 0.25) is 0 Å². The maximum absolute atomic E-state index is 13.3. The molecular formula is C23H26ClN5O2. The maximum atomic E-state index is 13.3. The van der Waals surface area contributed by atoms with Crippen molar-refractivity contribution in [1.82, 2.24) is 25.0 Å². The number of carbonyl (C=O) groups is 1. The number of H-pyrrole nitrogens is 1. The van der Waals surface area contributed by atoms with E-state index in [1.54, 1.807) is 18.5 Å². The van der Waals surface area contributed by atoms with Gasteiger partial charge in [-0.25, -0.2) is 0 Å². The van der Waals surface area contributed by atoms with Gasteiger partial charge in [-0.1, -0.05) is 23.7 Å². The largest absolute Gasteiger partial charge is 0.379 e. The van der Waals surface area contributed by atoms with Crippen molar-refractivity contribution >= 4 is 17.5 Å². The predicted molar refractivity (Wildman–Crippen MR) is 120 cm³/mol. The van der Waals surface area contributed by atoms with Crippen LogP contribution in [0.1, 0.15) is 22.5 Å². The summed E-state index contributed by atoms with van der Waals surface area (Å²) in [5, 5.41) is 7.87. The summed E-state index contributed by atoms with van der Waals surface area (Å²) in [4.78, 5) is 21.6. The molecule has 1 saturated heterocycles. The van der Waals surface area contributed by atoms with Crippen LogP contribution >= 0.6 is 11.6 Å². The van der Waals surface area contributed by atoms with Crippen molar-refractivity contribution in [2.24, 2.45) is 0 Å². The molecule has 0 spiro atoms. The third-order valence-electron chi connectivity index (χ3n) is 5.34. The molecule has 3 aromatic rings. The number of pyridine rings is 1. The Kier molecular flexibility index (Phi) is 7.30. The number of amides is 1. The number of nitrogens with one attached hydrogen (secondary N) is 1. The Morgan fingerprint density at radius 3 is 2.74 bits per heavy atom. The fourth-order valence-electron chi connectivity index (χ4n) is 3.67. The number of aromatic nitrogens is 3. The van der Waals surface area contributed by atoms with Gasteiger partial charge in [0.15, 0.2) is 0 Å². The van der Waals surface area contributed by atoms with Gasteiger partial charge >= 0.3 is 0 Å². The maximum Gasteiger partial charge on any atom is 0.272 e. The highest BCUT2D eigenvalue weighted by molar-refractivity contribution is 6.30. The molecule has 162 valence electrons. The van der Waals surface area contributed by atoms with Crippen LogP contribution in [0.4, 0.5) is 0 Å². The summed E-state index contributed by atoms with van der Waals surface area (Å²) < 4.78 is 5.42. The smallest absolute Gasteiger partial charge is 0.272 e. The lowest BCUT2D eigenvalue weighted by molar-refractivity contribution is 0.0355. The molecule has 0 unspecified atom stereocenters. The second-order valence-corrected chi connectivity index (χ2v) is 8.00. The lowest BCUT2D eigenvalue weighted by Gasteiger charge is -2.28. The molecule has 0 saturated carbocycles. The lowest BCUT2D eigenvalue weighted by atomic mass is 10.1. The van der Waals surface area contributed by atoms with Crippen LogP contribution in [0.3, 0.4) is 0 Å². The van der Waals surface area contributed by atoms with Crippen molar-refractivity contribution in [3.05, 3.63) is 71.1 Å². The minimum atomic E-state index is -0.0698. The predicted octanol–water partition coefficient (Wildman–Crippen LogP) is 3.49. The van der Waals surface area contributed by atoms with Gasteiger partial charge < -0.3 is 9.64 Å². The van der Waals surface area contributed by atoms with Crippen LogP contribution in [-0.4, -0.2) is 70.3 Å². The molecule has 1 aliphatic rings. The number of hydrogen-bond donors (Lipinski definition) is 1. The van der Waals surface area contributed by atoms with E-state index in [-0.39, 0.29) is 5.91 Å². The Morgan fingerprint density at radius 2 is 1.97 bits per heavy atom. The fourth-order valence-corrected chi connectivity index (χ4v) is 3.86. The van der Waals surface area contributed by atoms with E-state index >= 15 is 0 Å². The van der Waals surface area contributed by atoms with Crippen molar-refractivity contribution in [2.45, 2.75) is 13.0 Å². The summed E-state index contributed by atoms with van der Waals surface area (Å²) in [5.74, 6) is -0.0698. The molecule has 1 amide bonds. The first kappa shape index (κ1) is 21.5. The van der Waals surface area contributed by atoms with E-state index in [9.17, 15) is 4.79 Å². The highest BCUT2D eigenvalue weighted by atomic mass is 35.5. The van der Waals surface area contributed by atoms with Crippen molar-refractivity contribution in [3.63, 3.8) is 0 Å². The first-order valence-corrected chi connectivity index (χ1v) is 10.9. The van der Waals surface area contributed by atoms with Gasteiger partial charge in [0.25, 0.3) is 5.91 Å². The number of ether oxygens (including phenoxy) is 1. The van der Waals surface area contributed by atoms with Crippen LogP contribution in [0, 0.1) is 0 Å². The average molecular weight is 440 g/mol. The Morgan fingerprint density at radius 1 is 1.16 bits per heavy atom. The quantitative estimate of drug-likeness (QED) is 0.581. The summed E-state index contributed by atoms with van der Waals surface area (Å²) in [5.41, 5.74) is 3.08. The van der Waals surface area contributed by atoms with Crippen molar-refractivity contribution in [1.29, 1.82) is 0 Å². The lowest BCUT2D eigenvalue weighted by Crippen LogP contribution is -2.39. The number of nitrogens with zero attached hydrogens (tertiary/aromatic N) is 4. The third-order valence-corrected chi connectivity index (χ3v) is 5.58. The minimum Gasteiger partial charge on any atom is -0.379 e. The zero-order valence-corrected chi connectivity index (χ0v) is 18.1. The second kappa shape index (κ2) is 10.5. The average Bonchev–Trinajstić information content (AvgIpc) is 3.30. The molecule has 0 atom stereocenters. The van der Waals surface area contributed by atoms with Crippen LogP contribution in [0.2, 0.25) is 5.02 Å². The minimum absolute atomic E-state index is 0.0698. The van der Waals surface area contributed by atoms with Gasteiger partial charge in [0.05, 0.1) is 18.9 Å². The van der Waals surface area contributed by atoms with Crippen LogP contribution in [0.25, 0.3) is 11.3 Å². The van der Waals surface area contributed by atoms with E-state index in [2.05, 4.69) is 20.1 Å². The molecule has 1 N–H and O–H groups in total. The Bertz CT molecular complexity index is 988. The summed E-state index contributed by atoms with van der Waals surface area (Å²) >= 11 is 6.10. The molecule has 0 radical (unpaired) electrons. The zero-order valence-electron chi connectivity index (χ0n) is 17.3. The highest BCUT2D eigenvalue weighted by Crippen LogP contribution is 2.22. The van der Waals surface area contributed by atoms with Crippen molar-refractivity contribution < 1.29 is 9.53 Å². The molecular weight excluding hydrogens is 414 g/mol. The molecule has 4 rings (SSSR count).